The Morgan fingerprint density at radius 1 is 1.07 bits per heavy atom. The molecule has 2 amide bonds. The number of carbonyl (C=O) groups excluding carboxylic acids is 2. The molecule has 0 spiro atoms. The van der Waals surface area contributed by atoms with Gasteiger partial charge in [-0.25, -0.2) is 0 Å². The van der Waals surface area contributed by atoms with Crippen LogP contribution >= 0.6 is 0 Å². The minimum absolute atomic E-state index is 0.0593. The van der Waals surface area contributed by atoms with E-state index in [4.69, 9.17) is 9.47 Å². The van der Waals surface area contributed by atoms with Crippen LogP contribution in [0.15, 0.2) is 30.3 Å². The lowest BCUT2D eigenvalue weighted by molar-refractivity contribution is -0.145. The van der Waals surface area contributed by atoms with Crippen molar-refractivity contribution in [2.75, 3.05) is 32.8 Å². The molecule has 0 unspecified atom stereocenters. The number of aryl methyl sites for hydroxylation is 2. The van der Waals surface area contributed by atoms with E-state index in [0.717, 1.165) is 17.0 Å². The molecule has 0 N–H and O–H groups in total. The Kier molecular flexibility index (Phi) is 5.48. The lowest BCUT2D eigenvalue weighted by Crippen LogP contribution is -2.54. The molecule has 2 aliphatic rings. The highest BCUT2D eigenvalue weighted by molar-refractivity contribution is 5.92. The van der Waals surface area contributed by atoms with Crippen molar-refractivity contribution in [1.29, 1.82) is 0 Å². The SMILES string of the molecule is Cc1nn(C)c(C)c1/C=C/C(=O)N1CCN(C(=O)[C@H]2COc3ccccc3O2)CC1. The number of piperazine rings is 1. The molecule has 8 nitrogen and oxygen atoms in total. The van der Waals surface area contributed by atoms with Crippen molar-refractivity contribution in [3.05, 3.63) is 47.3 Å². The highest BCUT2D eigenvalue weighted by atomic mass is 16.6. The summed E-state index contributed by atoms with van der Waals surface area (Å²) >= 11 is 0. The summed E-state index contributed by atoms with van der Waals surface area (Å²) in [7, 11) is 1.89. The molecule has 30 heavy (non-hydrogen) atoms. The van der Waals surface area contributed by atoms with Gasteiger partial charge in [0.15, 0.2) is 11.5 Å². The Labute approximate surface area is 175 Å². The fourth-order valence-corrected chi connectivity index (χ4v) is 3.78. The molecule has 1 aromatic heterocycles. The van der Waals surface area contributed by atoms with Crippen LogP contribution in [-0.4, -0.2) is 70.3 Å². The number of para-hydroxylation sites is 2. The molecule has 1 atom stereocenters. The molecular formula is C22H26N4O4. The number of carbonyl (C=O) groups is 2. The molecule has 1 saturated heterocycles. The normalized spacial score (nSPS) is 18.7. The number of amides is 2. The molecule has 4 rings (SSSR count). The zero-order chi connectivity index (χ0) is 21.3. The summed E-state index contributed by atoms with van der Waals surface area (Å²) in [4.78, 5) is 28.9. The van der Waals surface area contributed by atoms with Gasteiger partial charge in [0.1, 0.15) is 6.61 Å². The van der Waals surface area contributed by atoms with Gasteiger partial charge in [-0.3, -0.25) is 14.3 Å². The quantitative estimate of drug-likeness (QED) is 0.718. The van der Waals surface area contributed by atoms with E-state index in [2.05, 4.69) is 5.10 Å². The van der Waals surface area contributed by atoms with Crippen LogP contribution in [0.2, 0.25) is 0 Å². The average molecular weight is 410 g/mol. The first-order valence-electron chi connectivity index (χ1n) is 10.1. The average Bonchev–Trinajstić information content (AvgIpc) is 3.02. The summed E-state index contributed by atoms with van der Waals surface area (Å²) < 4.78 is 13.3. The predicted molar refractivity (Wildman–Crippen MR) is 111 cm³/mol. The number of nitrogens with zero attached hydrogens (tertiary/aromatic N) is 4. The first kappa shape index (κ1) is 20.0. The number of rotatable bonds is 3. The van der Waals surface area contributed by atoms with E-state index in [9.17, 15) is 9.59 Å². The number of hydrogen-bond donors (Lipinski definition) is 0. The fraction of sp³-hybridized carbons (Fsp3) is 0.409. The van der Waals surface area contributed by atoms with Crippen LogP contribution in [0.25, 0.3) is 6.08 Å². The van der Waals surface area contributed by atoms with Gasteiger partial charge in [-0.15, -0.1) is 0 Å². The van der Waals surface area contributed by atoms with Crippen LogP contribution in [-0.2, 0) is 16.6 Å². The van der Waals surface area contributed by atoms with E-state index in [1.165, 1.54) is 0 Å². The summed E-state index contributed by atoms with van der Waals surface area (Å²) in [6, 6.07) is 7.33. The Bertz CT molecular complexity index is 989. The van der Waals surface area contributed by atoms with Crippen LogP contribution in [0.4, 0.5) is 0 Å². The fourth-order valence-electron chi connectivity index (χ4n) is 3.78. The summed E-state index contributed by atoms with van der Waals surface area (Å²) in [6.07, 6.45) is 2.75. The third-order valence-corrected chi connectivity index (χ3v) is 5.64. The lowest BCUT2D eigenvalue weighted by atomic mass is 10.1. The molecular weight excluding hydrogens is 384 g/mol. The molecule has 0 saturated carbocycles. The predicted octanol–water partition coefficient (Wildman–Crippen LogP) is 1.56. The van der Waals surface area contributed by atoms with Gasteiger partial charge >= 0.3 is 0 Å². The van der Waals surface area contributed by atoms with E-state index in [1.807, 2.05) is 45.2 Å². The number of ether oxygens (including phenoxy) is 2. The third kappa shape index (κ3) is 3.90. The highest BCUT2D eigenvalue weighted by Gasteiger charge is 2.33. The van der Waals surface area contributed by atoms with E-state index >= 15 is 0 Å². The first-order chi connectivity index (χ1) is 14.4. The van der Waals surface area contributed by atoms with Crippen LogP contribution in [0.1, 0.15) is 17.0 Å². The lowest BCUT2D eigenvalue weighted by Gasteiger charge is -2.36. The van der Waals surface area contributed by atoms with E-state index in [0.29, 0.717) is 37.7 Å². The zero-order valence-corrected chi connectivity index (χ0v) is 17.5. The molecule has 3 heterocycles. The van der Waals surface area contributed by atoms with Crippen LogP contribution < -0.4 is 9.47 Å². The van der Waals surface area contributed by atoms with E-state index in [-0.39, 0.29) is 18.4 Å². The molecule has 8 heteroatoms. The smallest absolute Gasteiger partial charge is 0.267 e. The van der Waals surface area contributed by atoms with Gasteiger partial charge in [0.2, 0.25) is 12.0 Å². The molecule has 158 valence electrons. The number of aromatic nitrogens is 2. The monoisotopic (exact) mass is 410 g/mol. The van der Waals surface area contributed by atoms with Gasteiger partial charge < -0.3 is 19.3 Å². The van der Waals surface area contributed by atoms with Crippen molar-refractivity contribution in [2.24, 2.45) is 7.05 Å². The van der Waals surface area contributed by atoms with Crippen molar-refractivity contribution in [1.82, 2.24) is 19.6 Å². The maximum absolute atomic E-state index is 12.8. The van der Waals surface area contributed by atoms with Crippen LogP contribution in [0.5, 0.6) is 11.5 Å². The molecule has 1 fully saturated rings. The highest BCUT2D eigenvalue weighted by Crippen LogP contribution is 2.31. The molecule has 0 aliphatic carbocycles. The Balaban J connectivity index is 1.32. The van der Waals surface area contributed by atoms with E-state index < -0.39 is 6.10 Å². The standard InChI is InChI=1S/C22H26N4O4/c1-15-17(16(2)24(3)23-15)8-9-21(27)25-10-12-26(13-11-25)22(28)20-14-29-18-6-4-5-7-19(18)30-20/h4-9,20H,10-14H2,1-3H3/b9-8+/t20-/m1/s1. The van der Waals surface area contributed by atoms with Gasteiger partial charge in [-0.2, -0.15) is 5.10 Å². The number of benzene rings is 1. The maximum Gasteiger partial charge on any atom is 0.267 e. The Morgan fingerprint density at radius 2 is 1.73 bits per heavy atom. The topological polar surface area (TPSA) is 76.9 Å². The van der Waals surface area contributed by atoms with Gasteiger partial charge in [-0.05, 0) is 32.1 Å². The van der Waals surface area contributed by atoms with Crippen LogP contribution in [0, 0.1) is 13.8 Å². The second-order valence-corrected chi connectivity index (χ2v) is 7.56. The largest absolute Gasteiger partial charge is 0.485 e. The zero-order valence-electron chi connectivity index (χ0n) is 17.5. The second-order valence-electron chi connectivity index (χ2n) is 7.56. The van der Waals surface area contributed by atoms with Gasteiger partial charge in [0.05, 0.1) is 5.69 Å². The Hall–Kier alpha value is -3.29. The molecule has 0 bridgehead atoms. The molecule has 1 aromatic carbocycles. The maximum atomic E-state index is 12.8. The summed E-state index contributed by atoms with van der Waals surface area (Å²) in [6.45, 7) is 6.03. The molecule has 2 aromatic rings. The third-order valence-electron chi connectivity index (χ3n) is 5.64. The van der Waals surface area contributed by atoms with Crippen molar-refractivity contribution < 1.29 is 19.1 Å². The minimum atomic E-state index is -0.654. The summed E-state index contributed by atoms with van der Waals surface area (Å²) in [5, 5.41) is 4.36. The van der Waals surface area contributed by atoms with Crippen molar-refractivity contribution in [2.45, 2.75) is 20.0 Å². The van der Waals surface area contributed by atoms with Gasteiger partial charge in [-0.1, -0.05) is 12.1 Å². The van der Waals surface area contributed by atoms with Gasteiger partial charge in [0.25, 0.3) is 5.91 Å². The van der Waals surface area contributed by atoms with Gasteiger partial charge in [0, 0.05) is 50.6 Å². The van der Waals surface area contributed by atoms with Crippen molar-refractivity contribution >= 4 is 17.9 Å². The Morgan fingerprint density at radius 3 is 2.40 bits per heavy atom. The summed E-state index contributed by atoms with van der Waals surface area (Å²) in [5.74, 6) is 1.08. The van der Waals surface area contributed by atoms with E-state index in [1.54, 1.807) is 26.6 Å². The number of fused-ring (bicyclic) bond motifs is 1. The second kappa shape index (κ2) is 8.22. The van der Waals surface area contributed by atoms with Crippen molar-refractivity contribution in [3.8, 4) is 11.5 Å². The first-order valence-corrected chi connectivity index (χ1v) is 10.1. The minimum Gasteiger partial charge on any atom is -0.485 e. The molecule has 0 radical (unpaired) electrons. The van der Waals surface area contributed by atoms with Crippen molar-refractivity contribution in [3.63, 3.8) is 0 Å². The number of hydrogen-bond acceptors (Lipinski definition) is 5. The summed E-state index contributed by atoms with van der Waals surface area (Å²) in [5.41, 5.74) is 2.88. The molecule has 2 aliphatic heterocycles. The van der Waals surface area contributed by atoms with Crippen LogP contribution in [0.3, 0.4) is 0 Å².